The normalized spacial score (nSPS) is 18.7. The molecule has 112 valence electrons. The minimum Gasteiger partial charge on any atom is -0.308 e. The summed E-state index contributed by atoms with van der Waals surface area (Å²) in [5.74, 6) is 0.446. The molecule has 2 aromatic rings. The first kappa shape index (κ1) is 14.3. The van der Waals surface area contributed by atoms with Crippen LogP contribution in [0.1, 0.15) is 54.9 Å². The minimum absolute atomic E-state index is 0.295. The van der Waals surface area contributed by atoms with Gasteiger partial charge in [-0.15, -0.1) is 0 Å². The largest absolute Gasteiger partial charge is 0.308 e. The molecular formula is C17H24N4. The van der Waals surface area contributed by atoms with E-state index >= 15 is 0 Å². The zero-order valence-corrected chi connectivity index (χ0v) is 13.1. The number of aryl methyl sites for hydroxylation is 3. The van der Waals surface area contributed by atoms with E-state index in [1.165, 1.54) is 17.0 Å². The number of nitrogens with zero attached hydrogens (tertiary/aromatic N) is 3. The predicted molar refractivity (Wildman–Crippen MR) is 84.3 cm³/mol. The molecule has 0 radical (unpaired) electrons. The van der Waals surface area contributed by atoms with Crippen LogP contribution in [0.15, 0.2) is 24.4 Å². The fourth-order valence-corrected chi connectivity index (χ4v) is 3.45. The van der Waals surface area contributed by atoms with Crippen molar-refractivity contribution in [3.8, 4) is 0 Å². The molecule has 3 rings (SSSR count). The third-order valence-electron chi connectivity index (χ3n) is 4.48. The van der Waals surface area contributed by atoms with Gasteiger partial charge in [0, 0.05) is 24.9 Å². The van der Waals surface area contributed by atoms with Crippen LogP contribution in [0.3, 0.4) is 0 Å². The highest BCUT2D eigenvalue weighted by atomic mass is 15.3. The van der Waals surface area contributed by atoms with Gasteiger partial charge in [-0.05, 0) is 43.5 Å². The summed E-state index contributed by atoms with van der Waals surface area (Å²) in [6.45, 7) is 5.27. The first-order valence-electron chi connectivity index (χ1n) is 7.94. The smallest absolute Gasteiger partial charge is 0.0625 e. The second kappa shape index (κ2) is 5.98. The molecule has 0 bridgehead atoms. The molecule has 2 heterocycles. The zero-order chi connectivity index (χ0) is 14.8. The third-order valence-corrected chi connectivity index (χ3v) is 4.48. The summed E-state index contributed by atoms with van der Waals surface area (Å²) >= 11 is 0. The van der Waals surface area contributed by atoms with Gasteiger partial charge in [-0.2, -0.15) is 5.10 Å². The van der Waals surface area contributed by atoms with Crippen molar-refractivity contribution in [2.24, 2.45) is 7.05 Å². The van der Waals surface area contributed by atoms with Gasteiger partial charge in [0.25, 0.3) is 0 Å². The number of nitrogens with one attached hydrogen (secondary N) is 1. The van der Waals surface area contributed by atoms with Crippen LogP contribution in [0.25, 0.3) is 0 Å². The summed E-state index contributed by atoms with van der Waals surface area (Å²) in [6, 6.07) is 6.80. The second-order valence-corrected chi connectivity index (χ2v) is 5.77. The van der Waals surface area contributed by atoms with Crippen LogP contribution in [0.4, 0.5) is 0 Å². The van der Waals surface area contributed by atoms with Crippen molar-refractivity contribution in [3.63, 3.8) is 0 Å². The molecule has 21 heavy (non-hydrogen) atoms. The van der Waals surface area contributed by atoms with Crippen molar-refractivity contribution >= 4 is 0 Å². The molecule has 0 fully saturated rings. The van der Waals surface area contributed by atoms with Gasteiger partial charge in [-0.25, -0.2) is 0 Å². The Morgan fingerprint density at radius 2 is 2.29 bits per heavy atom. The number of rotatable bonds is 5. The van der Waals surface area contributed by atoms with Crippen molar-refractivity contribution in [1.82, 2.24) is 20.1 Å². The Morgan fingerprint density at radius 1 is 1.43 bits per heavy atom. The van der Waals surface area contributed by atoms with E-state index in [0.717, 1.165) is 31.5 Å². The highest BCUT2D eigenvalue weighted by Crippen LogP contribution is 2.40. The summed E-state index contributed by atoms with van der Waals surface area (Å²) in [4.78, 5) is 4.66. The average molecular weight is 284 g/mol. The topological polar surface area (TPSA) is 42.7 Å². The number of aromatic nitrogens is 3. The van der Waals surface area contributed by atoms with Crippen LogP contribution in [0.2, 0.25) is 0 Å². The zero-order valence-electron chi connectivity index (χ0n) is 13.1. The fraction of sp³-hybridized carbons (Fsp3) is 0.529. The first-order valence-corrected chi connectivity index (χ1v) is 7.94. The lowest BCUT2D eigenvalue weighted by Gasteiger charge is -2.24. The maximum Gasteiger partial charge on any atom is 0.0625 e. The molecule has 0 saturated carbocycles. The van der Waals surface area contributed by atoms with E-state index in [2.05, 4.69) is 41.4 Å². The lowest BCUT2D eigenvalue weighted by molar-refractivity contribution is 0.422. The van der Waals surface area contributed by atoms with Crippen LogP contribution >= 0.6 is 0 Å². The van der Waals surface area contributed by atoms with E-state index in [-0.39, 0.29) is 0 Å². The molecular weight excluding hydrogens is 260 g/mol. The standard InChI is InChI=1S/C17H24N4/c1-4-13-11-15(21(3)20-13)17(18-5-2)14-9-8-12-7-6-10-19-16(12)14/h6-7,10-11,14,17-18H,4-5,8-9H2,1-3H3. The predicted octanol–water partition coefficient (Wildman–Crippen LogP) is 2.76. The van der Waals surface area contributed by atoms with E-state index in [0.29, 0.717) is 12.0 Å². The SMILES string of the molecule is CCNC(c1cc(CC)nn1C)C1CCc2cccnc21. The van der Waals surface area contributed by atoms with Crippen molar-refractivity contribution in [3.05, 3.63) is 47.0 Å². The maximum atomic E-state index is 4.66. The van der Waals surface area contributed by atoms with Gasteiger partial charge in [0.2, 0.25) is 0 Å². The van der Waals surface area contributed by atoms with Crippen LogP contribution in [-0.2, 0) is 19.9 Å². The highest BCUT2D eigenvalue weighted by Gasteiger charge is 2.33. The molecule has 0 aromatic carbocycles. The number of fused-ring (bicyclic) bond motifs is 1. The second-order valence-electron chi connectivity index (χ2n) is 5.77. The molecule has 0 saturated heterocycles. The Labute approximate surface area is 126 Å². The number of hydrogen-bond acceptors (Lipinski definition) is 3. The van der Waals surface area contributed by atoms with Gasteiger partial charge >= 0.3 is 0 Å². The molecule has 0 aliphatic heterocycles. The Kier molecular flexibility index (Phi) is 4.06. The van der Waals surface area contributed by atoms with Crippen molar-refractivity contribution < 1.29 is 0 Å². The van der Waals surface area contributed by atoms with Gasteiger partial charge in [0.15, 0.2) is 0 Å². The van der Waals surface area contributed by atoms with Gasteiger partial charge in [-0.1, -0.05) is 19.9 Å². The van der Waals surface area contributed by atoms with Gasteiger partial charge in [0.05, 0.1) is 17.4 Å². The maximum absolute atomic E-state index is 4.66. The molecule has 4 nitrogen and oxygen atoms in total. The van der Waals surface area contributed by atoms with E-state index < -0.39 is 0 Å². The Morgan fingerprint density at radius 3 is 3.00 bits per heavy atom. The van der Waals surface area contributed by atoms with E-state index in [9.17, 15) is 0 Å². The Balaban J connectivity index is 1.97. The summed E-state index contributed by atoms with van der Waals surface area (Å²) in [7, 11) is 2.05. The molecule has 1 aliphatic carbocycles. The first-order chi connectivity index (χ1) is 10.2. The number of pyridine rings is 1. The third kappa shape index (κ3) is 2.60. The summed E-state index contributed by atoms with van der Waals surface area (Å²) in [5.41, 5.74) is 5.11. The molecule has 0 amide bonds. The summed E-state index contributed by atoms with van der Waals surface area (Å²) in [5, 5.41) is 8.28. The average Bonchev–Trinajstić information content (AvgIpc) is 3.08. The quantitative estimate of drug-likeness (QED) is 0.918. The molecule has 1 N–H and O–H groups in total. The van der Waals surface area contributed by atoms with E-state index in [1.807, 2.05) is 24.0 Å². The van der Waals surface area contributed by atoms with Crippen molar-refractivity contribution in [2.75, 3.05) is 6.54 Å². The van der Waals surface area contributed by atoms with Crippen LogP contribution in [0.5, 0.6) is 0 Å². The lowest BCUT2D eigenvalue weighted by Crippen LogP contribution is -2.28. The van der Waals surface area contributed by atoms with E-state index in [1.54, 1.807) is 0 Å². The van der Waals surface area contributed by atoms with Crippen LogP contribution < -0.4 is 5.32 Å². The summed E-state index contributed by atoms with van der Waals surface area (Å²) < 4.78 is 2.03. The monoisotopic (exact) mass is 284 g/mol. The fourth-order valence-electron chi connectivity index (χ4n) is 3.45. The minimum atomic E-state index is 0.295. The van der Waals surface area contributed by atoms with Gasteiger partial charge < -0.3 is 5.32 Å². The van der Waals surface area contributed by atoms with Gasteiger partial charge in [0.1, 0.15) is 0 Å². The number of likely N-dealkylation sites (N-methyl/N-ethyl adjacent to an activating group) is 1. The van der Waals surface area contributed by atoms with Crippen molar-refractivity contribution in [1.29, 1.82) is 0 Å². The molecule has 4 heteroatoms. The van der Waals surface area contributed by atoms with Crippen LogP contribution in [-0.4, -0.2) is 21.3 Å². The number of hydrogen-bond donors (Lipinski definition) is 1. The molecule has 2 aromatic heterocycles. The Bertz CT molecular complexity index is 617. The summed E-state index contributed by atoms with van der Waals surface area (Å²) in [6.07, 6.45) is 5.19. The highest BCUT2D eigenvalue weighted by molar-refractivity contribution is 5.32. The van der Waals surface area contributed by atoms with Crippen molar-refractivity contribution in [2.45, 2.75) is 45.1 Å². The molecule has 2 unspecified atom stereocenters. The van der Waals surface area contributed by atoms with Crippen LogP contribution in [0, 0.1) is 0 Å². The molecule has 0 spiro atoms. The molecule has 2 atom stereocenters. The Hall–Kier alpha value is -1.68. The lowest BCUT2D eigenvalue weighted by atomic mass is 9.93. The van der Waals surface area contributed by atoms with Gasteiger partial charge in [-0.3, -0.25) is 9.67 Å². The van der Waals surface area contributed by atoms with E-state index in [4.69, 9.17) is 0 Å². The molecule has 1 aliphatic rings.